The number of halogens is 3. The lowest BCUT2D eigenvalue weighted by Crippen LogP contribution is -2.54. The number of rotatable bonds is 4. The number of benzene rings is 2. The van der Waals surface area contributed by atoms with Crippen LogP contribution in [0.2, 0.25) is 0 Å². The molecule has 2 aliphatic rings. The molecule has 2 aliphatic heterocycles. The lowest BCUT2D eigenvalue weighted by atomic mass is 10.2. The highest BCUT2D eigenvalue weighted by Crippen LogP contribution is 2.32. The van der Waals surface area contributed by atoms with E-state index in [4.69, 9.17) is 4.74 Å². The molecule has 12 heteroatoms. The number of nitrogens with zero attached hydrogens (tertiary/aromatic N) is 3. The van der Waals surface area contributed by atoms with Gasteiger partial charge in [0.2, 0.25) is 5.96 Å². The summed E-state index contributed by atoms with van der Waals surface area (Å²) in [7, 11) is 0. The van der Waals surface area contributed by atoms with Crippen molar-refractivity contribution in [3.8, 4) is 11.5 Å². The van der Waals surface area contributed by atoms with E-state index in [1.807, 2.05) is 12.1 Å². The number of urea groups is 1. The zero-order chi connectivity index (χ0) is 22.6. The number of hydrogen-bond acceptors (Lipinski definition) is 7. The van der Waals surface area contributed by atoms with Gasteiger partial charge in [-0.2, -0.15) is 13.2 Å². The van der Waals surface area contributed by atoms with Crippen LogP contribution in [0.3, 0.4) is 0 Å². The van der Waals surface area contributed by atoms with E-state index in [0.29, 0.717) is 44.4 Å². The number of alkyl halides is 3. The molecule has 1 saturated heterocycles. The second-order valence-electron chi connectivity index (χ2n) is 7.29. The fraction of sp³-hybridized carbons (Fsp3) is 0.300. The summed E-state index contributed by atoms with van der Waals surface area (Å²) in [5.74, 6) is 0.894. The first-order valence-electron chi connectivity index (χ1n) is 9.93. The maximum Gasteiger partial charge on any atom is 0.416 e. The quantitative estimate of drug-likeness (QED) is 0.572. The van der Waals surface area contributed by atoms with Crippen LogP contribution in [0.5, 0.6) is 11.5 Å². The monoisotopic (exact) mass is 449 g/mol. The van der Waals surface area contributed by atoms with Crippen LogP contribution in [0.1, 0.15) is 11.1 Å². The zero-order valence-electron chi connectivity index (χ0n) is 16.9. The molecule has 2 aromatic rings. The average Bonchev–Trinajstić information content (AvgIpc) is 3.27. The molecule has 1 fully saturated rings. The normalized spacial score (nSPS) is 16.7. The minimum absolute atomic E-state index is 0.128. The summed E-state index contributed by atoms with van der Waals surface area (Å²) < 4.78 is 44.4. The van der Waals surface area contributed by atoms with E-state index in [1.165, 1.54) is 12.1 Å². The van der Waals surface area contributed by atoms with Gasteiger partial charge < -0.3 is 9.64 Å². The topological polar surface area (TPSA) is 93.3 Å². The molecule has 2 aromatic carbocycles. The summed E-state index contributed by atoms with van der Waals surface area (Å²) >= 11 is 0. The first-order valence-corrected chi connectivity index (χ1v) is 9.93. The summed E-state index contributed by atoms with van der Waals surface area (Å²) in [6.45, 7) is 3.11. The fourth-order valence-electron chi connectivity index (χ4n) is 3.39. The summed E-state index contributed by atoms with van der Waals surface area (Å²) in [5.41, 5.74) is 7.87. The Balaban J connectivity index is 1.30. The van der Waals surface area contributed by atoms with Crippen LogP contribution in [-0.4, -0.2) is 48.0 Å². The van der Waals surface area contributed by atoms with Crippen LogP contribution in [0.25, 0.3) is 0 Å². The van der Waals surface area contributed by atoms with Crippen LogP contribution in [-0.2, 0) is 12.7 Å². The molecule has 0 unspecified atom stereocenters. The molecular weight excluding hydrogens is 427 g/mol. The molecule has 32 heavy (non-hydrogen) atoms. The molecule has 0 spiro atoms. The van der Waals surface area contributed by atoms with Gasteiger partial charge in [-0.05, 0) is 35.9 Å². The Hall–Kier alpha value is -3.51. The number of nitrogens with one attached hydrogen (secondary N) is 4. The zero-order valence-corrected chi connectivity index (χ0v) is 16.9. The predicted molar refractivity (Wildman–Crippen MR) is 110 cm³/mol. The Kier molecular flexibility index (Phi) is 6.32. The Bertz CT molecular complexity index is 991. The lowest BCUT2D eigenvalue weighted by Gasteiger charge is -2.34. The molecule has 4 rings (SSSR count). The van der Waals surface area contributed by atoms with Gasteiger partial charge in [0.1, 0.15) is 11.5 Å². The number of amides is 2. The van der Waals surface area contributed by atoms with Crippen molar-refractivity contribution in [3.05, 3.63) is 59.7 Å². The highest BCUT2D eigenvalue weighted by Gasteiger charge is 2.30. The van der Waals surface area contributed by atoms with Crippen molar-refractivity contribution < 1.29 is 22.7 Å². The third kappa shape index (κ3) is 5.59. The molecule has 0 aliphatic carbocycles. The van der Waals surface area contributed by atoms with E-state index >= 15 is 0 Å². The molecule has 4 N–H and O–H groups in total. The minimum atomic E-state index is -4.42. The summed E-state index contributed by atoms with van der Waals surface area (Å²) in [4.78, 5) is 16.2. The summed E-state index contributed by atoms with van der Waals surface area (Å²) in [6, 6.07) is 11.8. The van der Waals surface area contributed by atoms with E-state index in [9.17, 15) is 18.0 Å². The molecule has 170 valence electrons. The van der Waals surface area contributed by atoms with E-state index in [1.54, 1.807) is 17.0 Å². The van der Waals surface area contributed by atoms with Gasteiger partial charge in [-0.15, -0.1) is 10.6 Å². The first-order chi connectivity index (χ1) is 15.4. The Morgan fingerprint density at radius 2 is 1.78 bits per heavy atom. The molecule has 0 saturated carbocycles. The van der Waals surface area contributed by atoms with Gasteiger partial charge in [-0.25, -0.2) is 10.3 Å². The lowest BCUT2D eigenvalue weighted by molar-refractivity contribution is -0.137. The molecule has 0 radical (unpaired) electrons. The molecule has 2 amide bonds. The SMILES string of the molecule is O=C(NC1=NNNN1)N1CCN(Cc2cccc(Oc3cccc(C(F)(F)F)c3)c2)CC1. The van der Waals surface area contributed by atoms with Crippen LogP contribution < -0.4 is 26.5 Å². The molecule has 0 bridgehead atoms. The predicted octanol–water partition coefficient (Wildman–Crippen LogP) is 2.21. The van der Waals surface area contributed by atoms with Crippen molar-refractivity contribution in [1.29, 1.82) is 0 Å². The van der Waals surface area contributed by atoms with Crippen LogP contribution in [0, 0.1) is 0 Å². The fourth-order valence-corrected chi connectivity index (χ4v) is 3.39. The van der Waals surface area contributed by atoms with Crippen molar-refractivity contribution in [2.45, 2.75) is 12.7 Å². The second kappa shape index (κ2) is 9.32. The first kappa shape index (κ1) is 21.7. The number of guanidine groups is 1. The number of carbonyl (C=O) groups is 1. The van der Waals surface area contributed by atoms with Gasteiger partial charge in [0.15, 0.2) is 0 Å². The summed E-state index contributed by atoms with van der Waals surface area (Å²) in [5, 5.41) is 6.46. The Labute approximate surface area is 182 Å². The van der Waals surface area contributed by atoms with Crippen LogP contribution in [0.15, 0.2) is 53.6 Å². The Morgan fingerprint density at radius 1 is 1.06 bits per heavy atom. The van der Waals surface area contributed by atoms with Gasteiger partial charge in [-0.1, -0.05) is 18.2 Å². The van der Waals surface area contributed by atoms with E-state index < -0.39 is 11.7 Å². The van der Waals surface area contributed by atoms with Gasteiger partial charge in [0, 0.05) is 32.7 Å². The van der Waals surface area contributed by atoms with Crippen molar-refractivity contribution in [2.75, 3.05) is 26.2 Å². The number of ether oxygens (including phenoxy) is 1. The van der Waals surface area contributed by atoms with Crippen molar-refractivity contribution >= 4 is 12.0 Å². The highest BCUT2D eigenvalue weighted by atomic mass is 19.4. The van der Waals surface area contributed by atoms with E-state index in [0.717, 1.165) is 17.7 Å². The highest BCUT2D eigenvalue weighted by molar-refractivity contribution is 5.96. The molecular formula is C20H22F3N7O2. The van der Waals surface area contributed by atoms with Gasteiger partial charge in [-0.3, -0.25) is 15.6 Å². The third-order valence-electron chi connectivity index (χ3n) is 4.99. The molecule has 0 atom stereocenters. The maximum atomic E-state index is 12.9. The van der Waals surface area contributed by atoms with E-state index in [2.05, 4.69) is 31.8 Å². The molecule has 9 nitrogen and oxygen atoms in total. The average molecular weight is 449 g/mol. The van der Waals surface area contributed by atoms with E-state index in [-0.39, 0.29) is 11.8 Å². The number of piperazine rings is 1. The third-order valence-corrected chi connectivity index (χ3v) is 4.99. The van der Waals surface area contributed by atoms with Gasteiger partial charge >= 0.3 is 12.2 Å². The molecule has 2 heterocycles. The number of carbonyl (C=O) groups excluding carboxylic acids is 1. The smallest absolute Gasteiger partial charge is 0.416 e. The van der Waals surface area contributed by atoms with Crippen molar-refractivity contribution in [3.63, 3.8) is 0 Å². The minimum Gasteiger partial charge on any atom is -0.457 e. The number of hydrazone groups is 1. The number of hydrogen-bond donors (Lipinski definition) is 4. The van der Waals surface area contributed by atoms with Gasteiger partial charge in [0.05, 0.1) is 5.56 Å². The van der Waals surface area contributed by atoms with Crippen LogP contribution in [0.4, 0.5) is 18.0 Å². The van der Waals surface area contributed by atoms with Crippen LogP contribution >= 0.6 is 0 Å². The molecule has 0 aromatic heterocycles. The number of hydrazine groups is 2. The standard InChI is InChI=1S/C20H22F3N7O2/c21-20(22,23)15-4-2-6-17(12-15)32-16-5-1-3-14(11-16)13-29-7-9-30(10-8-29)19(31)24-18-25-27-28-26-18/h1-6,11-12,27-28H,7-10,13H2,(H2,24,25,26,31). The summed E-state index contributed by atoms with van der Waals surface area (Å²) in [6.07, 6.45) is -4.42. The second-order valence-corrected chi connectivity index (χ2v) is 7.29. The van der Waals surface area contributed by atoms with Crippen molar-refractivity contribution in [1.82, 2.24) is 31.6 Å². The largest absolute Gasteiger partial charge is 0.457 e. The van der Waals surface area contributed by atoms with Gasteiger partial charge in [0.25, 0.3) is 0 Å². The Morgan fingerprint density at radius 3 is 2.47 bits per heavy atom. The maximum absolute atomic E-state index is 12.9. The van der Waals surface area contributed by atoms with Crippen molar-refractivity contribution in [2.24, 2.45) is 5.10 Å².